The largest absolute Gasteiger partial charge is 0.493 e. The summed E-state index contributed by atoms with van der Waals surface area (Å²) < 4.78 is 16.0. The van der Waals surface area contributed by atoms with Crippen LogP contribution in [-0.4, -0.2) is 17.8 Å². The smallest absolute Gasteiger partial charge is 0.134 e. The molecule has 2 rings (SSSR count). The highest BCUT2D eigenvalue weighted by molar-refractivity contribution is 9.10. The molecule has 0 radical (unpaired) electrons. The molecule has 0 fully saturated rings. The van der Waals surface area contributed by atoms with Gasteiger partial charge in [0.25, 0.3) is 0 Å². The molecule has 1 aromatic heterocycles. The van der Waals surface area contributed by atoms with Crippen molar-refractivity contribution in [3.63, 3.8) is 0 Å². The Bertz CT molecular complexity index is 1040. The van der Waals surface area contributed by atoms with Crippen LogP contribution in [0.3, 0.4) is 0 Å². The fourth-order valence-electron chi connectivity index (χ4n) is 6.48. The summed E-state index contributed by atoms with van der Waals surface area (Å²) in [6.45, 7) is 9.44. The predicted molar refractivity (Wildman–Crippen MR) is 216 cm³/mol. The molecule has 0 saturated carbocycles. The molecule has 3 nitrogen and oxygen atoms in total. The van der Waals surface area contributed by atoms with Gasteiger partial charge >= 0.3 is 0 Å². The van der Waals surface area contributed by atoms with E-state index in [1.54, 1.807) is 0 Å². The number of benzene rings is 1. The van der Waals surface area contributed by atoms with E-state index in [0.29, 0.717) is 0 Å². The van der Waals surface area contributed by atoms with Crippen LogP contribution in [0.1, 0.15) is 199 Å². The third-order valence-electron chi connectivity index (χ3n) is 9.63. The summed E-state index contributed by atoms with van der Waals surface area (Å²) in [5, 5.41) is 0. The average molecular weight is 729 g/mol. The molecule has 4 heteroatoms. The van der Waals surface area contributed by atoms with Gasteiger partial charge in [0.2, 0.25) is 0 Å². The van der Waals surface area contributed by atoms with Crippen molar-refractivity contribution in [2.45, 2.75) is 194 Å². The van der Waals surface area contributed by atoms with Gasteiger partial charge in [0.05, 0.1) is 17.7 Å². The second-order valence-electron chi connectivity index (χ2n) is 14.1. The molecule has 0 unspecified atom stereocenters. The molecular weight excluding hydrogens is 654 g/mol. The Morgan fingerprint density at radius 3 is 1.46 bits per heavy atom. The molecule has 274 valence electrons. The van der Waals surface area contributed by atoms with Crippen molar-refractivity contribution >= 4 is 28.1 Å². The van der Waals surface area contributed by atoms with Gasteiger partial charge in [-0.3, -0.25) is 0 Å². The first-order chi connectivity index (χ1) is 23.7. The first-order valence-electron chi connectivity index (χ1n) is 20.6. The van der Waals surface area contributed by atoms with E-state index in [2.05, 4.69) is 83.9 Å². The molecule has 0 amide bonds. The molecule has 0 aliphatic heterocycles. The summed E-state index contributed by atoms with van der Waals surface area (Å²) in [7, 11) is 0. The van der Waals surface area contributed by atoms with Gasteiger partial charge in [-0.25, -0.2) is 0 Å². The number of aromatic nitrogens is 1. The average Bonchev–Trinajstić information content (AvgIpc) is 3.54. The Labute approximate surface area is 306 Å². The lowest BCUT2D eigenvalue weighted by Crippen LogP contribution is -2.02. The minimum Gasteiger partial charge on any atom is -0.493 e. The maximum absolute atomic E-state index is 6.37. The van der Waals surface area contributed by atoms with Crippen LogP contribution in [0, 0.1) is 0 Å². The Balaban J connectivity index is 1.83. The molecule has 0 bridgehead atoms. The molecule has 2 aromatic rings. The van der Waals surface area contributed by atoms with Gasteiger partial charge in [-0.1, -0.05) is 168 Å². The molecule has 0 spiro atoms. The SMILES string of the molecule is CCCCCCCCCCCCCCCCn1cccc1/C=C/c1cc(OCCCCCCCC)c(Br)cc1OCCCCCCCC. The highest BCUT2D eigenvalue weighted by Crippen LogP contribution is 2.35. The number of halogens is 1. The van der Waals surface area contributed by atoms with E-state index in [1.165, 1.54) is 160 Å². The molecule has 48 heavy (non-hydrogen) atoms. The number of aryl methyl sites for hydroxylation is 1. The van der Waals surface area contributed by atoms with Crippen molar-refractivity contribution in [1.29, 1.82) is 0 Å². The van der Waals surface area contributed by atoms with Crippen LogP contribution in [0.5, 0.6) is 11.5 Å². The Morgan fingerprint density at radius 2 is 0.958 bits per heavy atom. The third-order valence-corrected chi connectivity index (χ3v) is 10.2. The maximum atomic E-state index is 6.37. The zero-order valence-electron chi connectivity index (χ0n) is 31.7. The summed E-state index contributed by atoms with van der Waals surface area (Å²) in [5.74, 6) is 1.84. The number of nitrogens with zero attached hydrogens (tertiary/aromatic N) is 1. The lowest BCUT2D eigenvalue weighted by Gasteiger charge is -2.14. The summed E-state index contributed by atoms with van der Waals surface area (Å²) in [6.07, 6.45) is 41.5. The summed E-state index contributed by atoms with van der Waals surface area (Å²) in [4.78, 5) is 0. The van der Waals surface area contributed by atoms with Crippen LogP contribution < -0.4 is 9.47 Å². The first-order valence-corrected chi connectivity index (χ1v) is 21.4. The van der Waals surface area contributed by atoms with Crippen molar-refractivity contribution in [1.82, 2.24) is 4.57 Å². The molecular formula is C44H74BrNO2. The summed E-state index contributed by atoms with van der Waals surface area (Å²) >= 11 is 3.78. The van der Waals surface area contributed by atoms with Gasteiger partial charge in [0.1, 0.15) is 11.5 Å². The number of hydrogen-bond acceptors (Lipinski definition) is 2. The van der Waals surface area contributed by atoms with E-state index < -0.39 is 0 Å². The second kappa shape index (κ2) is 30.2. The Kier molecular flexibility index (Phi) is 26.7. The molecule has 1 heterocycles. The van der Waals surface area contributed by atoms with Crippen molar-refractivity contribution < 1.29 is 9.47 Å². The fraction of sp³-hybridized carbons (Fsp3) is 0.727. The molecule has 0 aliphatic rings. The monoisotopic (exact) mass is 727 g/mol. The Hall–Kier alpha value is -1.68. The molecule has 0 N–H and O–H groups in total. The van der Waals surface area contributed by atoms with Gasteiger partial charge < -0.3 is 14.0 Å². The van der Waals surface area contributed by atoms with Crippen LogP contribution in [0.2, 0.25) is 0 Å². The van der Waals surface area contributed by atoms with E-state index in [9.17, 15) is 0 Å². The highest BCUT2D eigenvalue weighted by Gasteiger charge is 2.10. The second-order valence-corrected chi connectivity index (χ2v) is 15.0. The van der Waals surface area contributed by atoms with E-state index in [4.69, 9.17) is 9.47 Å². The van der Waals surface area contributed by atoms with Gasteiger partial charge in [-0.15, -0.1) is 0 Å². The quantitative estimate of drug-likeness (QED) is 0.0683. The van der Waals surface area contributed by atoms with E-state index in [1.807, 2.05) is 0 Å². The minimum absolute atomic E-state index is 0.757. The summed E-state index contributed by atoms with van der Waals surface area (Å²) in [5.41, 5.74) is 2.34. The minimum atomic E-state index is 0.757. The first kappa shape index (κ1) is 42.5. The normalized spacial score (nSPS) is 11.6. The van der Waals surface area contributed by atoms with Gasteiger partial charge in [0.15, 0.2) is 0 Å². The number of ether oxygens (including phenoxy) is 2. The maximum Gasteiger partial charge on any atom is 0.134 e. The zero-order chi connectivity index (χ0) is 34.3. The summed E-state index contributed by atoms with van der Waals surface area (Å²) in [6, 6.07) is 8.68. The van der Waals surface area contributed by atoms with E-state index >= 15 is 0 Å². The van der Waals surface area contributed by atoms with Crippen molar-refractivity contribution in [3.05, 3.63) is 46.2 Å². The van der Waals surface area contributed by atoms with Crippen molar-refractivity contribution in [2.75, 3.05) is 13.2 Å². The predicted octanol–water partition coefficient (Wildman–Crippen LogP) is 15.4. The number of hydrogen-bond donors (Lipinski definition) is 0. The van der Waals surface area contributed by atoms with Crippen LogP contribution in [-0.2, 0) is 6.54 Å². The number of unbranched alkanes of at least 4 members (excludes halogenated alkanes) is 23. The molecule has 0 atom stereocenters. The third kappa shape index (κ3) is 20.7. The highest BCUT2D eigenvalue weighted by atomic mass is 79.9. The lowest BCUT2D eigenvalue weighted by molar-refractivity contribution is 0.294. The van der Waals surface area contributed by atoms with Gasteiger partial charge in [0, 0.05) is 24.0 Å². The lowest BCUT2D eigenvalue weighted by atomic mass is 10.0. The van der Waals surface area contributed by atoms with Crippen molar-refractivity contribution in [2.24, 2.45) is 0 Å². The fourth-order valence-corrected chi connectivity index (χ4v) is 6.92. The topological polar surface area (TPSA) is 23.4 Å². The van der Waals surface area contributed by atoms with Crippen LogP contribution in [0.15, 0.2) is 34.9 Å². The van der Waals surface area contributed by atoms with Crippen molar-refractivity contribution in [3.8, 4) is 11.5 Å². The molecule has 1 aromatic carbocycles. The van der Waals surface area contributed by atoms with Crippen LogP contribution in [0.25, 0.3) is 12.2 Å². The molecule has 0 aliphatic carbocycles. The van der Waals surface area contributed by atoms with Gasteiger partial charge in [-0.05, 0) is 71.6 Å². The van der Waals surface area contributed by atoms with Crippen LogP contribution >= 0.6 is 15.9 Å². The zero-order valence-corrected chi connectivity index (χ0v) is 33.3. The van der Waals surface area contributed by atoms with E-state index in [0.717, 1.165) is 54.1 Å². The molecule has 0 saturated heterocycles. The van der Waals surface area contributed by atoms with E-state index in [-0.39, 0.29) is 0 Å². The van der Waals surface area contributed by atoms with Gasteiger partial charge in [-0.2, -0.15) is 0 Å². The van der Waals surface area contributed by atoms with Crippen LogP contribution in [0.4, 0.5) is 0 Å². The Morgan fingerprint density at radius 1 is 0.521 bits per heavy atom. The number of rotatable bonds is 33. The standard InChI is InChI=1S/C44H74BrNO2/c1-4-7-10-13-16-17-18-19-20-21-22-23-24-27-34-46-35-30-31-41(46)33-32-40-38-44(48-37-29-26-15-12-9-6-3)42(45)39-43(40)47-36-28-25-14-11-8-5-2/h30-33,35,38-39H,4-29,34,36-37H2,1-3H3/b33-32+.